The zero-order chi connectivity index (χ0) is 15.7. The van der Waals surface area contributed by atoms with Crippen LogP contribution in [0.1, 0.15) is 51.6 Å². The Kier molecular flexibility index (Phi) is 5.58. The van der Waals surface area contributed by atoms with Crippen molar-refractivity contribution < 1.29 is 9.53 Å². The van der Waals surface area contributed by atoms with Crippen LogP contribution in [0.3, 0.4) is 0 Å². The number of ether oxygens (including phenoxy) is 1. The van der Waals surface area contributed by atoms with Gasteiger partial charge in [-0.25, -0.2) is 0 Å². The first kappa shape index (κ1) is 18.1. The standard InChI is InChI=1S/C18H26N2O2.ClH/c1-12-10-13(8-9-19-12)17(21)20-15-11-18(2,3)22-16-7-5-4-6-14(15)16;/h4-7,12-13,15,19H,8-11H2,1-3H3,(H,20,21);1H/t12-,13-,15?;/m0./s1. The van der Waals surface area contributed by atoms with Crippen LogP contribution in [-0.4, -0.2) is 24.1 Å². The van der Waals surface area contributed by atoms with E-state index in [4.69, 9.17) is 4.74 Å². The maximum Gasteiger partial charge on any atom is 0.223 e. The second-order valence-corrected chi connectivity index (χ2v) is 7.24. The number of benzene rings is 1. The molecule has 0 aromatic heterocycles. The van der Waals surface area contributed by atoms with Crippen molar-refractivity contribution >= 4 is 18.3 Å². The fourth-order valence-corrected chi connectivity index (χ4v) is 3.59. The summed E-state index contributed by atoms with van der Waals surface area (Å²) in [4.78, 5) is 12.7. The number of fused-ring (bicyclic) bond motifs is 1. The molecule has 3 atom stereocenters. The zero-order valence-corrected chi connectivity index (χ0v) is 14.9. The van der Waals surface area contributed by atoms with Gasteiger partial charge < -0.3 is 15.4 Å². The van der Waals surface area contributed by atoms with E-state index in [1.54, 1.807) is 0 Å². The maximum absolute atomic E-state index is 12.7. The smallest absolute Gasteiger partial charge is 0.223 e. The Hall–Kier alpha value is -1.26. The summed E-state index contributed by atoms with van der Waals surface area (Å²) >= 11 is 0. The van der Waals surface area contributed by atoms with E-state index in [9.17, 15) is 4.79 Å². The second kappa shape index (κ2) is 7.10. The van der Waals surface area contributed by atoms with Crippen molar-refractivity contribution in [2.45, 2.75) is 57.7 Å². The molecule has 5 heteroatoms. The quantitative estimate of drug-likeness (QED) is 0.870. The van der Waals surface area contributed by atoms with Gasteiger partial charge in [0.25, 0.3) is 0 Å². The molecule has 0 saturated carbocycles. The summed E-state index contributed by atoms with van der Waals surface area (Å²) in [6.45, 7) is 7.23. The first-order valence-corrected chi connectivity index (χ1v) is 8.26. The Morgan fingerprint density at radius 1 is 1.35 bits per heavy atom. The van der Waals surface area contributed by atoms with Crippen LogP contribution < -0.4 is 15.4 Å². The summed E-state index contributed by atoms with van der Waals surface area (Å²) in [6.07, 6.45) is 2.64. The van der Waals surface area contributed by atoms with E-state index in [-0.39, 0.29) is 35.9 Å². The minimum absolute atomic E-state index is 0. The van der Waals surface area contributed by atoms with Gasteiger partial charge in [0.05, 0.1) is 6.04 Å². The predicted molar refractivity (Wildman–Crippen MR) is 94.1 cm³/mol. The minimum Gasteiger partial charge on any atom is -0.487 e. The average Bonchev–Trinajstić information content (AvgIpc) is 2.46. The molecular formula is C18H27ClN2O2. The first-order valence-electron chi connectivity index (χ1n) is 8.26. The lowest BCUT2D eigenvalue weighted by molar-refractivity contribution is -0.127. The Bertz CT molecular complexity index is 562. The normalized spacial score (nSPS) is 28.7. The SMILES string of the molecule is C[C@H]1C[C@@H](C(=O)NC2CC(C)(C)Oc3ccccc32)CCN1.Cl. The van der Waals surface area contributed by atoms with E-state index in [2.05, 4.69) is 37.5 Å². The van der Waals surface area contributed by atoms with E-state index in [1.165, 1.54) is 0 Å². The van der Waals surface area contributed by atoms with Crippen LogP contribution >= 0.6 is 12.4 Å². The lowest BCUT2D eigenvalue weighted by Crippen LogP contribution is -2.46. The van der Waals surface area contributed by atoms with Gasteiger partial charge in [0, 0.05) is 23.9 Å². The summed E-state index contributed by atoms with van der Waals surface area (Å²) in [5.74, 6) is 1.20. The number of nitrogens with one attached hydrogen (secondary N) is 2. The number of amides is 1. The van der Waals surface area contributed by atoms with E-state index in [0.29, 0.717) is 6.04 Å². The molecule has 0 aliphatic carbocycles. The van der Waals surface area contributed by atoms with Crippen molar-refractivity contribution in [1.82, 2.24) is 10.6 Å². The van der Waals surface area contributed by atoms with Crippen LogP contribution in [0, 0.1) is 5.92 Å². The van der Waals surface area contributed by atoms with Gasteiger partial charge in [-0.05, 0) is 46.2 Å². The molecule has 2 aliphatic heterocycles. The third-order valence-corrected chi connectivity index (χ3v) is 4.69. The Morgan fingerprint density at radius 3 is 2.83 bits per heavy atom. The molecular weight excluding hydrogens is 312 g/mol. The molecule has 1 aromatic rings. The zero-order valence-electron chi connectivity index (χ0n) is 14.1. The molecule has 128 valence electrons. The number of halogens is 1. The predicted octanol–water partition coefficient (Wildman–Crippen LogP) is 3.21. The molecule has 1 fully saturated rings. The van der Waals surface area contributed by atoms with Gasteiger partial charge >= 0.3 is 0 Å². The Balaban J connectivity index is 0.00000192. The number of carbonyl (C=O) groups excluding carboxylic acids is 1. The summed E-state index contributed by atoms with van der Waals surface area (Å²) in [6, 6.07) is 8.49. The molecule has 4 nitrogen and oxygen atoms in total. The maximum atomic E-state index is 12.7. The van der Waals surface area contributed by atoms with E-state index in [0.717, 1.165) is 37.1 Å². The van der Waals surface area contributed by atoms with E-state index in [1.807, 2.05) is 18.2 Å². The number of piperidine rings is 1. The number of rotatable bonds is 2. The number of para-hydroxylation sites is 1. The molecule has 1 aromatic carbocycles. The largest absolute Gasteiger partial charge is 0.487 e. The third-order valence-electron chi connectivity index (χ3n) is 4.69. The highest BCUT2D eigenvalue weighted by Gasteiger charge is 2.35. The second-order valence-electron chi connectivity index (χ2n) is 7.24. The van der Waals surface area contributed by atoms with Gasteiger partial charge in [0.2, 0.25) is 5.91 Å². The topological polar surface area (TPSA) is 50.4 Å². The van der Waals surface area contributed by atoms with E-state index >= 15 is 0 Å². The van der Waals surface area contributed by atoms with Crippen molar-refractivity contribution in [2.24, 2.45) is 5.92 Å². The van der Waals surface area contributed by atoms with Gasteiger partial charge in [0.15, 0.2) is 0 Å². The first-order chi connectivity index (χ1) is 10.4. The highest BCUT2D eigenvalue weighted by molar-refractivity contribution is 5.85. The fourth-order valence-electron chi connectivity index (χ4n) is 3.59. The minimum atomic E-state index is -0.256. The van der Waals surface area contributed by atoms with Crippen molar-refractivity contribution in [2.75, 3.05) is 6.54 Å². The molecule has 1 saturated heterocycles. The van der Waals surface area contributed by atoms with Crippen LogP contribution in [0.15, 0.2) is 24.3 Å². The highest BCUT2D eigenvalue weighted by atomic mass is 35.5. The molecule has 2 aliphatic rings. The Morgan fingerprint density at radius 2 is 2.09 bits per heavy atom. The lowest BCUT2D eigenvalue weighted by Gasteiger charge is -2.38. The van der Waals surface area contributed by atoms with Gasteiger partial charge in [-0.3, -0.25) is 4.79 Å². The summed E-state index contributed by atoms with van der Waals surface area (Å²) < 4.78 is 6.03. The van der Waals surface area contributed by atoms with Gasteiger partial charge in [-0.15, -0.1) is 12.4 Å². The van der Waals surface area contributed by atoms with E-state index < -0.39 is 0 Å². The number of hydrogen-bond acceptors (Lipinski definition) is 3. The molecule has 1 unspecified atom stereocenters. The lowest BCUT2D eigenvalue weighted by atomic mass is 9.88. The van der Waals surface area contributed by atoms with Crippen LogP contribution in [0.2, 0.25) is 0 Å². The molecule has 2 heterocycles. The van der Waals surface area contributed by atoms with Crippen LogP contribution in [0.25, 0.3) is 0 Å². The Labute approximate surface area is 144 Å². The highest BCUT2D eigenvalue weighted by Crippen LogP contribution is 2.39. The number of carbonyl (C=O) groups is 1. The van der Waals surface area contributed by atoms with Crippen molar-refractivity contribution in [3.05, 3.63) is 29.8 Å². The van der Waals surface area contributed by atoms with Gasteiger partial charge in [-0.2, -0.15) is 0 Å². The monoisotopic (exact) mass is 338 g/mol. The third kappa shape index (κ3) is 4.18. The van der Waals surface area contributed by atoms with Crippen LogP contribution in [0.5, 0.6) is 5.75 Å². The molecule has 2 N–H and O–H groups in total. The fraction of sp³-hybridized carbons (Fsp3) is 0.611. The molecule has 0 spiro atoms. The molecule has 0 radical (unpaired) electrons. The van der Waals surface area contributed by atoms with Crippen molar-refractivity contribution in [3.63, 3.8) is 0 Å². The number of hydrogen-bond donors (Lipinski definition) is 2. The summed E-state index contributed by atoms with van der Waals surface area (Å²) in [5, 5.41) is 6.67. The van der Waals surface area contributed by atoms with Crippen LogP contribution in [-0.2, 0) is 4.79 Å². The molecule has 1 amide bonds. The van der Waals surface area contributed by atoms with Crippen molar-refractivity contribution in [3.8, 4) is 5.75 Å². The summed E-state index contributed by atoms with van der Waals surface area (Å²) in [5.41, 5.74) is 0.838. The van der Waals surface area contributed by atoms with Gasteiger partial charge in [-0.1, -0.05) is 18.2 Å². The molecule has 23 heavy (non-hydrogen) atoms. The van der Waals surface area contributed by atoms with Crippen molar-refractivity contribution in [1.29, 1.82) is 0 Å². The molecule has 3 rings (SSSR count). The molecule has 0 bridgehead atoms. The average molecular weight is 339 g/mol. The summed E-state index contributed by atoms with van der Waals surface area (Å²) in [7, 11) is 0. The van der Waals surface area contributed by atoms with Gasteiger partial charge in [0.1, 0.15) is 11.4 Å². The van der Waals surface area contributed by atoms with Crippen LogP contribution in [0.4, 0.5) is 0 Å².